The van der Waals surface area contributed by atoms with Gasteiger partial charge in [-0.2, -0.15) is 0 Å². The quantitative estimate of drug-likeness (QED) is 0.227. The number of benzene rings is 4. The van der Waals surface area contributed by atoms with Gasteiger partial charge in [0.1, 0.15) is 0 Å². The molecule has 0 aliphatic heterocycles. The van der Waals surface area contributed by atoms with Crippen LogP contribution in [0.2, 0.25) is 0 Å². The van der Waals surface area contributed by atoms with Crippen LogP contribution < -0.4 is 26.5 Å². The molecule has 0 nitrogen and oxygen atoms in total. The molecule has 0 spiro atoms. The molecule has 0 heterocycles. The Morgan fingerprint density at radius 2 is 1.00 bits per heavy atom. The molecule has 1 atom stereocenters. The van der Waals surface area contributed by atoms with Crippen LogP contribution in [-0.4, -0.2) is 0 Å². The summed E-state index contributed by atoms with van der Waals surface area (Å²) in [5.74, 6) is 0. The Labute approximate surface area is 194 Å². The van der Waals surface area contributed by atoms with Gasteiger partial charge in [-0.25, -0.2) is 0 Å². The van der Waals surface area contributed by atoms with Crippen molar-refractivity contribution in [2.45, 2.75) is 13.8 Å². The van der Waals surface area contributed by atoms with Crippen molar-refractivity contribution in [3.63, 3.8) is 0 Å². The molecule has 4 aromatic carbocycles. The van der Waals surface area contributed by atoms with Crippen molar-refractivity contribution in [2.75, 3.05) is 0 Å². The van der Waals surface area contributed by atoms with E-state index in [1.165, 1.54) is 31.8 Å². The second-order valence-electron chi connectivity index (χ2n) is 7.50. The smallest absolute Gasteiger partial charge is 0.00676 e. The second-order valence-corrected chi connectivity index (χ2v) is 12.1. The van der Waals surface area contributed by atoms with Crippen LogP contribution in [0.4, 0.5) is 0 Å². The lowest BCUT2D eigenvalue weighted by Gasteiger charge is -2.27. The molecule has 158 valence electrons. The molecule has 0 aliphatic rings. The summed E-state index contributed by atoms with van der Waals surface area (Å²) in [4.78, 5) is 0. The molecule has 0 radical (unpaired) electrons. The van der Waals surface area contributed by atoms with E-state index in [2.05, 4.69) is 147 Å². The highest BCUT2D eigenvalue weighted by Crippen LogP contribution is 2.45. The summed E-state index contributed by atoms with van der Waals surface area (Å²) in [7, 11) is -1.29. The van der Waals surface area contributed by atoms with Crippen LogP contribution in [-0.2, 0) is 0 Å². The predicted octanol–water partition coefficient (Wildman–Crippen LogP) is 6.36. The minimum atomic E-state index is -0.656. The Hall–Kier alpha value is -2.78. The maximum Gasteiger partial charge on any atom is -0.00676 e. The van der Waals surface area contributed by atoms with Crippen LogP contribution in [0.25, 0.3) is 0 Å². The molecule has 0 amide bonds. The van der Waals surface area contributed by atoms with Gasteiger partial charge in [0.2, 0.25) is 0 Å². The third-order valence-electron chi connectivity index (χ3n) is 5.29. The first kappa shape index (κ1) is 22.4. The minimum absolute atomic E-state index is 0.632. The van der Waals surface area contributed by atoms with Gasteiger partial charge < -0.3 is 0 Å². The van der Waals surface area contributed by atoms with Crippen molar-refractivity contribution in [1.29, 1.82) is 0 Å². The van der Waals surface area contributed by atoms with Crippen molar-refractivity contribution >= 4 is 42.4 Å². The first-order chi connectivity index (χ1) is 15.8. The maximum atomic E-state index is 2.35. The largest absolute Gasteiger partial charge is 0.0876 e. The number of allylic oxidation sites excluding steroid dienone is 4. The van der Waals surface area contributed by atoms with Crippen molar-refractivity contribution < 1.29 is 0 Å². The van der Waals surface area contributed by atoms with Gasteiger partial charge in [-0.3, -0.25) is 0 Å². The number of hydrogen-bond acceptors (Lipinski definition) is 0. The van der Waals surface area contributed by atoms with E-state index in [0.717, 1.165) is 0 Å². The van der Waals surface area contributed by atoms with E-state index in [1.807, 2.05) is 0 Å². The van der Waals surface area contributed by atoms with Crippen LogP contribution in [0, 0.1) is 0 Å². The normalized spacial score (nSPS) is 12.9. The van der Waals surface area contributed by atoms with Gasteiger partial charge >= 0.3 is 0 Å². The Morgan fingerprint density at radius 1 is 0.562 bits per heavy atom. The van der Waals surface area contributed by atoms with E-state index >= 15 is 0 Å². The molecule has 1 unspecified atom stereocenters. The van der Waals surface area contributed by atoms with Crippen molar-refractivity contribution in [3.05, 3.63) is 139 Å². The van der Waals surface area contributed by atoms with Crippen LogP contribution >= 0.6 is 15.8 Å². The van der Waals surface area contributed by atoms with Gasteiger partial charge in [0.25, 0.3) is 0 Å². The Bertz CT molecular complexity index is 1140. The van der Waals surface area contributed by atoms with E-state index in [1.54, 1.807) is 0 Å². The van der Waals surface area contributed by atoms with E-state index in [9.17, 15) is 0 Å². The Balaban J connectivity index is 1.94. The number of rotatable bonds is 7. The van der Waals surface area contributed by atoms with E-state index < -0.39 is 15.8 Å². The molecule has 0 bridgehead atoms. The zero-order chi connectivity index (χ0) is 22.2. The molecule has 0 aliphatic carbocycles. The highest BCUT2D eigenvalue weighted by atomic mass is 31.1. The van der Waals surface area contributed by atoms with Gasteiger partial charge in [-0.05, 0) is 61.5 Å². The fourth-order valence-corrected chi connectivity index (χ4v) is 9.09. The summed E-state index contributed by atoms with van der Waals surface area (Å²) in [5.41, 5.74) is 0. The van der Waals surface area contributed by atoms with E-state index in [-0.39, 0.29) is 0 Å². The average Bonchev–Trinajstić information content (AvgIpc) is 2.86. The van der Waals surface area contributed by atoms with E-state index in [4.69, 9.17) is 0 Å². The van der Waals surface area contributed by atoms with Crippen LogP contribution in [0.15, 0.2) is 139 Å². The van der Waals surface area contributed by atoms with Crippen molar-refractivity contribution in [3.8, 4) is 0 Å². The average molecular weight is 451 g/mol. The summed E-state index contributed by atoms with van der Waals surface area (Å²) in [6.07, 6.45) is 6.55. The first-order valence-corrected chi connectivity index (χ1v) is 13.6. The van der Waals surface area contributed by atoms with Crippen LogP contribution in [0.1, 0.15) is 13.8 Å². The zero-order valence-corrected chi connectivity index (χ0v) is 20.4. The molecule has 0 fully saturated rings. The summed E-state index contributed by atoms with van der Waals surface area (Å²) >= 11 is 0. The fourth-order valence-electron chi connectivity index (χ4n) is 3.84. The molecular formula is C30H28P2. The van der Waals surface area contributed by atoms with E-state index in [0.29, 0.717) is 0 Å². The van der Waals surface area contributed by atoms with Gasteiger partial charge in [0.05, 0.1) is 0 Å². The predicted molar refractivity (Wildman–Crippen MR) is 146 cm³/mol. The van der Waals surface area contributed by atoms with Crippen LogP contribution in [0.5, 0.6) is 0 Å². The standard InChI is InChI=1S/C30H28P2/c1-3-4-16-25(2)31(26-17-8-5-9-18-26)29-23-14-15-24-30(29)32(27-19-10-6-11-20-27)28-21-12-7-13-22-28/h3-24H,1-2H3/b4-3-,25-16+. The fraction of sp³-hybridized carbons (Fsp3) is 0.0667. The molecular weight excluding hydrogens is 422 g/mol. The molecule has 0 saturated carbocycles. The summed E-state index contributed by atoms with van der Waals surface area (Å²) in [6.45, 7) is 4.36. The molecule has 4 rings (SSSR count). The zero-order valence-electron chi connectivity index (χ0n) is 18.6. The Morgan fingerprint density at radius 3 is 1.50 bits per heavy atom. The highest BCUT2D eigenvalue weighted by Gasteiger charge is 2.25. The minimum Gasteiger partial charge on any atom is -0.0876 e. The number of hydrogen-bond donors (Lipinski definition) is 0. The van der Waals surface area contributed by atoms with Gasteiger partial charge in [0.15, 0.2) is 0 Å². The molecule has 32 heavy (non-hydrogen) atoms. The van der Waals surface area contributed by atoms with Gasteiger partial charge in [0, 0.05) is 0 Å². The molecule has 2 heteroatoms. The lowest BCUT2D eigenvalue weighted by molar-refractivity contribution is 1.63. The molecule has 0 aromatic heterocycles. The lowest BCUT2D eigenvalue weighted by Crippen LogP contribution is -2.32. The molecule has 0 saturated heterocycles. The third-order valence-corrected chi connectivity index (χ3v) is 10.5. The monoisotopic (exact) mass is 450 g/mol. The molecule has 0 N–H and O–H groups in total. The highest BCUT2D eigenvalue weighted by molar-refractivity contribution is 7.84. The third kappa shape index (κ3) is 5.16. The first-order valence-electron chi connectivity index (χ1n) is 10.9. The Kier molecular flexibility index (Phi) is 7.84. The van der Waals surface area contributed by atoms with Gasteiger partial charge in [-0.1, -0.05) is 133 Å². The van der Waals surface area contributed by atoms with Crippen LogP contribution in [0.3, 0.4) is 0 Å². The summed E-state index contributed by atoms with van der Waals surface area (Å²) in [6, 6.07) is 42.1. The van der Waals surface area contributed by atoms with Gasteiger partial charge in [-0.15, -0.1) is 0 Å². The molecule has 4 aromatic rings. The maximum absolute atomic E-state index is 2.35. The summed E-state index contributed by atoms with van der Waals surface area (Å²) < 4.78 is 0. The summed E-state index contributed by atoms with van der Waals surface area (Å²) in [5, 5.41) is 8.48. The SMILES string of the molecule is C/C=C\C=C(/C)P(c1ccccc1)c1ccccc1P(c1ccccc1)c1ccccc1. The van der Waals surface area contributed by atoms with Crippen molar-refractivity contribution in [1.82, 2.24) is 0 Å². The lowest BCUT2D eigenvalue weighted by atomic mass is 10.3. The second kappa shape index (κ2) is 11.2. The topological polar surface area (TPSA) is 0 Å². The van der Waals surface area contributed by atoms with Crippen molar-refractivity contribution in [2.24, 2.45) is 0 Å².